The van der Waals surface area contributed by atoms with E-state index in [9.17, 15) is 9.59 Å². The largest absolute Gasteiger partial charge is 0.469 e. The van der Waals surface area contributed by atoms with Crippen LogP contribution in [0.25, 0.3) is 0 Å². The molecule has 4 saturated carbocycles. The summed E-state index contributed by atoms with van der Waals surface area (Å²) in [6.45, 7) is 0. The maximum absolute atomic E-state index is 12.7. The molecule has 0 amide bonds. The molecule has 1 aromatic rings. The summed E-state index contributed by atoms with van der Waals surface area (Å²) >= 11 is 0. The van der Waals surface area contributed by atoms with E-state index in [0.717, 1.165) is 19.3 Å². The minimum Gasteiger partial charge on any atom is -0.469 e. The Bertz CT molecular complexity index is 667. The molecule has 5 rings (SSSR count). The average Bonchev–Trinajstić information content (AvgIpc) is 2.56. The fourth-order valence-corrected chi connectivity index (χ4v) is 5.97. The minimum atomic E-state index is -0.262. The number of benzene rings is 1. The lowest BCUT2D eigenvalue weighted by molar-refractivity contribution is -0.174. The number of nitrogen functional groups attached to an aromatic ring is 1. The minimum absolute atomic E-state index is 0.0255. The highest BCUT2D eigenvalue weighted by Gasteiger charge is 2.59. The van der Waals surface area contributed by atoms with Crippen LogP contribution in [0.5, 0.6) is 0 Å². The number of esters is 1. The molecule has 4 bridgehead atoms. The summed E-state index contributed by atoms with van der Waals surface area (Å²) in [5.41, 5.74) is 6.90. The van der Waals surface area contributed by atoms with Gasteiger partial charge in [0.1, 0.15) is 0 Å². The van der Waals surface area contributed by atoms with Crippen LogP contribution in [0.4, 0.5) is 5.69 Å². The fourth-order valence-electron chi connectivity index (χ4n) is 5.97. The molecule has 4 aliphatic carbocycles. The maximum Gasteiger partial charge on any atom is 0.311 e. The summed E-state index contributed by atoms with van der Waals surface area (Å²) in [7, 11) is 1.50. The van der Waals surface area contributed by atoms with Gasteiger partial charge < -0.3 is 10.5 Å². The Morgan fingerprint density at radius 1 is 1.21 bits per heavy atom. The monoisotopic (exact) mass is 327 g/mol. The molecule has 0 aromatic heterocycles. The zero-order chi connectivity index (χ0) is 16.9. The van der Waals surface area contributed by atoms with E-state index in [0.29, 0.717) is 41.3 Å². The molecule has 24 heavy (non-hydrogen) atoms. The van der Waals surface area contributed by atoms with E-state index in [1.807, 2.05) is 12.1 Å². The first kappa shape index (κ1) is 15.7. The fraction of sp³-hybridized carbons (Fsp3) is 0.600. The number of carbonyl (C=O) groups is 2. The van der Waals surface area contributed by atoms with Crippen LogP contribution in [0.15, 0.2) is 24.3 Å². The quantitative estimate of drug-likeness (QED) is 0.522. The van der Waals surface area contributed by atoms with E-state index in [1.54, 1.807) is 12.1 Å². The number of carbonyl (C=O) groups excluding carboxylic acids is 2. The van der Waals surface area contributed by atoms with Gasteiger partial charge in [0, 0.05) is 17.7 Å². The number of hydrogen-bond acceptors (Lipinski definition) is 4. The van der Waals surface area contributed by atoms with Crippen LogP contribution in [0, 0.1) is 29.1 Å². The van der Waals surface area contributed by atoms with Crippen LogP contribution >= 0.6 is 0 Å². The number of ketones is 1. The summed E-state index contributed by atoms with van der Waals surface area (Å²) in [5, 5.41) is 0. The number of Topliss-reactive ketones (excluding diaryl/α,β-unsaturated/α-hetero) is 1. The predicted octanol–water partition coefficient (Wildman–Crippen LogP) is 3.46. The van der Waals surface area contributed by atoms with Crippen LogP contribution in [-0.4, -0.2) is 18.9 Å². The SMILES string of the molecule is COC(=O)C12CC3CC(C1)C(CC(=O)c1cccc(N)c1)C(C3)C2. The molecule has 0 heterocycles. The van der Waals surface area contributed by atoms with Gasteiger partial charge in [0.15, 0.2) is 5.78 Å². The van der Waals surface area contributed by atoms with Gasteiger partial charge in [0.05, 0.1) is 12.5 Å². The Balaban J connectivity index is 1.53. The lowest BCUT2D eigenvalue weighted by atomic mass is 9.45. The second-order valence-corrected chi connectivity index (χ2v) is 8.16. The molecular weight excluding hydrogens is 302 g/mol. The van der Waals surface area contributed by atoms with E-state index in [2.05, 4.69) is 0 Å². The number of methoxy groups -OCH3 is 1. The van der Waals surface area contributed by atoms with Gasteiger partial charge in [-0.15, -0.1) is 0 Å². The van der Waals surface area contributed by atoms with Crippen molar-refractivity contribution in [2.75, 3.05) is 12.8 Å². The third kappa shape index (κ3) is 2.43. The maximum atomic E-state index is 12.7. The molecule has 4 nitrogen and oxygen atoms in total. The van der Waals surface area contributed by atoms with Crippen LogP contribution in [0.2, 0.25) is 0 Å². The Morgan fingerprint density at radius 2 is 1.92 bits per heavy atom. The molecule has 2 N–H and O–H groups in total. The number of ether oxygens (including phenoxy) is 1. The summed E-state index contributed by atoms with van der Waals surface area (Å²) in [6.07, 6.45) is 5.72. The molecule has 0 spiro atoms. The molecule has 2 atom stereocenters. The van der Waals surface area contributed by atoms with Crippen molar-refractivity contribution in [1.82, 2.24) is 0 Å². The summed E-state index contributed by atoms with van der Waals surface area (Å²) in [6, 6.07) is 7.27. The molecule has 1 aromatic carbocycles. The normalized spacial score (nSPS) is 36.5. The van der Waals surface area contributed by atoms with Crippen molar-refractivity contribution in [3.63, 3.8) is 0 Å². The summed E-state index contributed by atoms with van der Waals surface area (Å²) in [4.78, 5) is 25.1. The van der Waals surface area contributed by atoms with Crippen LogP contribution in [0.3, 0.4) is 0 Å². The highest BCUT2D eigenvalue weighted by molar-refractivity contribution is 5.97. The van der Waals surface area contributed by atoms with Crippen LogP contribution in [0.1, 0.15) is 48.9 Å². The summed E-state index contributed by atoms with van der Waals surface area (Å²) in [5.74, 6) is 2.18. The van der Waals surface area contributed by atoms with Crippen molar-refractivity contribution in [1.29, 1.82) is 0 Å². The van der Waals surface area contributed by atoms with Crippen LogP contribution < -0.4 is 5.73 Å². The van der Waals surface area contributed by atoms with Crippen molar-refractivity contribution in [2.24, 2.45) is 29.1 Å². The molecule has 4 fully saturated rings. The average molecular weight is 327 g/mol. The van der Waals surface area contributed by atoms with E-state index < -0.39 is 0 Å². The molecule has 4 heteroatoms. The lowest BCUT2D eigenvalue weighted by Gasteiger charge is -2.58. The van der Waals surface area contributed by atoms with E-state index in [-0.39, 0.29) is 17.2 Å². The van der Waals surface area contributed by atoms with Gasteiger partial charge >= 0.3 is 5.97 Å². The predicted molar refractivity (Wildman–Crippen MR) is 91.3 cm³/mol. The topological polar surface area (TPSA) is 69.4 Å². The van der Waals surface area contributed by atoms with E-state index in [4.69, 9.17) is 10.5 Å². The van der Waals surface area contributed by atoms with Gasteiger partial charge in [0.25, 0.3) is 0 Å². The first-order chi connectivity index (χ1) is 11.5. The Morgan fingerprint density at radius 3 is 2.54 bits per heavy atom. The van der Waals surface area contributed by atoms with Gasteiger partial charge in [0.2, 0.25) is 0 Å². The summed E-state index contributed by atoms with van der Waals surface area (Å²) < 4.78 is 5.11. The van der Waals surface area contributed by atoms with Gasteiger partial charge in [-0.25, -0.2) is 0 Å². The number of nitrogens with two attached hydrogens (primary N) is 1. The molecule has 2 unspecified atom stereocenters. The standard InChI is InChI=1S/C20H25NO3/c1-24-19(23)20-9-12-5-14(10-20)17(15(6-12)11-20)8-18(22)13-3-2-4-16(21)7-13/h2-4,7,12,14-15,17H,5-6,8-11,21H2,1H3. The first-order valence-corrected chi connectivity index (χ1v) is 8.98. The molecule has 0 aliphatic heterocycles. The third-order valence-corrected chi connectivity index (χ3v) is 6.72. The number of hydrogen-bond donors (Lipinski definition) is 1. The highest BCUT2D eigenvalue weighted by atomic mass is 16.5. The van der Waals surface area contributed by atoms with Crippen LogP contribution in [-0.2, 0) is 9.53 Å². The molecular formula is C20H25NO3. The van der Waals surface area contributed by atoms with Crippen molar-refractivity contribution in [3.05, 3.63) is 29.8 Å². The number of anilines is 1. The lowest BCUT2D eigenvalue weighted by Crippen LogP contribution is -2.54. The van der Waals surface area contributed by atoms with Crippen molar-refractivity contribution < 1.29 is 14.3 Å². The highest BCUT2D eigenvalue weighted by Crippen LogP contribution is 2.63. The van der Waals surface area contributed by atoms with Gasteiger partial charge in [-0.2, -0.15) is 0 Å². The van der Waals surface area contributed by atoms with Crippen molar-refractivity contribution >= 4 is 17.4 Å². The van der Waals surface area contributed by atoms with E-state index >= 15 is 0 Å². The zero-order valence-electron chi connectivity index (χ0n) is 14.2. The molecule has 0 radical (unpaired) electrons. The first-order valence-electron chi connectivity index (χ1n) is 8.98. The Hall–Kier alpha value is -1.84. The van der Waals surface area contributed by atoms with E-state index in [1.165, 1.54) is 20.0 Å². The molecule has 128 valence electrons. The van der Waals surface area contributed by atoms with Crippen molar-refractivity contribution in [3.8, 4) is 0 Å². The number of rotatable bonds is 4. The third-order valence-electron chi connectivity index (χ3n) is 6.72. The molecule has 0 saturated heterocycles. The smallest absolute Gasteiger partial charge is 0.311 e. The Labute approximate surface area is 142 Å². The van der Waals surface area contributed by atoms with Gasteiger partial charge in [-0.1, -0.05) is 12.1 Å². The second-order valence-electron chi connectivity index (χ2n) is 8.16. The van der Waals surface area contributed by atoms with Gasteiger partial charge in [-0.05, 0) is 67.9 Å². The Kier molecular flexibility index (Phi) is 3.66. The van der Waals surface area contributed by atoms with Gasteiger partial charge in [-0.3, -0.25) is 9.59 Å². The zero-order valence-corrected chi connectivity index (χ0v) is 14.2. The molecule has 4 aliphatic rings. The van der Waals surface area contributed by atoms with Crippen molar-refractivity contribution in [2.45, 2.75) is 38.5 Å². The second kappa shape index (κ2) is 5.61.